The van der Waals surface area contributed by atoms with Gasteiger partial charge < -0.3 is 15.0 Å². The number of ether oxygens (including phenoxy) is 1. The molecule has 136 valence electrons. The second-order valence-electron chi connectivity index (χ2n) is 6.78. The molecule has 0 aromatic heterocycles. The van der Waals surface area contributed by atoms with Crippen molar-refractivity contribution in [2.75, 3.05) is 33.3 Å². The Balaban J connectivity index is 0.00000484. The van der Waals surface area contributed by atoms with Crippen LogP contribution >= 0.6 is 24.0 Å². The van der Waals surface area contributed by atoms with E-state index in [1.165, 1.54) is 6.42 Å². The van der Waals surface area contributed by atoms with E-state index in [1.807, 2.05) is 14.0 Å². The number of hydrogen-bond donors (Lipinski definition) is 1. The maximum atomic E-state index is 11.2. The molecule has 0 unspecified atom stereocenters. The lowest BCUT2D eigenvalue weighted by Crippen LogP contribution is -2.41. The van der Waals surface area contributed by atoms with E-state index in [0.29, 0.717) is 18.4 Å². The Morgan fingerprint density at radius 1 is 1.26 bits per heavy atom. The smallest absolute Gasteiger partial charge is 0.305 e. The standard InChI is InChI=1S/C17H33N3O2.HI/c1-5-22-15(21)10-8-6-7-9-12-19-16(18-4)20-13-11-17(2,3)14-20;/h5-14H2,1-4H3,(H,18,19);1H. The Labute approximate surface area is 158 Å². The largest absolute Gasteiger partial charge is 0.466 e. The minimum Gasteiger partial charge on any atom is -0.466 e. The summed E-state index contributed by atoms with van der Waals surface area (Å²) in [4.78, 5) is 17.9. The van der Waals surface area contributed by atoms with Crippen molar-refractivity contribution < 1.29 is 9.53 Å². The summed E-state index contributed by atoms with van der Waals surface area (Å²) < 4.78 is 4.92. The molecule has 1 heterocycles. The molecule has 5 nitrogen and oxygen atoms in total. The lowest BCUT2D eigenvalue weighted by molar-refractivity contribution is -0.143. The molecule has 23 heavy (non-hydrogen) atoms. The third kappa shape index (κ3) is 9.37. The Kier molecular flexibility index (Phi) is 11.6. The highest BCUT2D eigenvalue weighted by Gasteiger charge is 2.30. The van der Waals surface area contributed by atoms with E-state index in [-0.39, 0.29) is 29.9 Å². The number of unbranched alkanes of at least 4 members (excludes halogenated alkanes) is 3. The number of likely N-dealkylation sites (tertiary alicyclic amines) is 1. The number of hydrogen-bond acceptors (Lipinski definition) is 3. The Bertz CT molecular complexity index is 373. The maximum Gasteiger partial charge on any atom is 0.305 e. The summed E-state index contributed by atoms with van der Waals surface area (Å²) in [6.07, 6.45) is 6.02. The van der Waals surface area contributed by atoms with Crippen LogP contribution in [-0.4, -0.2) is 50.1 Å². The molecule has 1 fully saturated rings. The summed E-state index contributed by atoms with van der Waals surface area (Å²) in [5.41, 5.74) is 0.394. The van der Waals surface area contributed by atoms with Gasteiger partial charge in [-0.2, -0.15) is 0 Å². The van der Waals surface area contributed by atoms with Gasteiger partial charge in [0.15, 0.2) is 5.96 Å². The zero-order valence-corrected chi connectivity index (χ0v) is 17.5. The number of nitrogens with zero attached hydrogens (tertiary/aromatic N) is 2. The first-order valence-corrected chi connectivity index (χ1v) is 8.60. The number of guanidine groups is 1. The van der Waals surface area contributed by atoms with Crippen LogP contribution in [0.15, 0.2) is 4.99 Å². The number of halogens is 1. The number of esters is 1. The molecule has 0 aromatic carbocycles. The van der Waals surface area contributed by atoms with Crippen LogP contribution in [0.25, 0.3) is 0 Å². The maximum absolute atomic E-state index is 11.2. The molecule has 0 aromatic rings. The molecule has 1 rings (SSSR count). The summed E-state index contributed by atoms with van der Waals surface area (Å²) in [5.74, 6) is 0.953. The van der Waals surface area contributed by atoms with Crippen molar-refractivity contribution in [3.63, 3.8) is 0 Å². The van der Waals surface area contributed by atoms with E-state index >= 15 is 0 Å². The van der Waals surface area contributed by atoms with Crippen molar-refractivity contribution >= 4 is 35.9 Å². The predicted octanol–water partition coefficient (Wildman–Crippen LogP) is 3.43. The highest BCUT2D eigenvalue weighted by atomic mass is 127. The van der Waals surface area contributed by atoms with Gasteiger partial charge in [-0.15, -0.1) is 24.0 Å². The molecular formula is C17H34IN3O2. The van der Waals surface area contributed by atoms with E-state index in [2.05, 4.69) is 29.1 Å². The van der Waals surface area contributed by atoms with Gasteiger partial charge in [0.2, 0.25) is 0 Å². The highest BCUT2D eigenvalue weighted by Crippen LogP contribution is 2.28. The first-order chi connectivity index (χ1) is 10.5. The minimum atomic E-state index is -0.0716. The van der Waals surface area contributed by atoms with Crippen LogP contribution in [0.5, 0.6) is 0 Å². The Morgan fingerprint density at radius 3 is 2.52 bits per heavy atom. The van der Waals surface area contributed by atoms with Gasteiger partial charge in [0.1, 0.15) is 0 Å². The van der Waals surface area contributed by atoms with Gasteiger partial charge in [0, 0.05) is 33.1 Å². The lowest BCUT2D eigenvalue weighted by atomic mass is 9.93. The molecule has 1 saturated heterocycles. The normalized spacial score (nSPS) is 16.9. The van der Waals surface area contributed by atoms with Crippen molar-refractivity contribution in [3.05, 3.63) is 0 Å². The summed E-state index contributed by atoms with van der Waals surface area (Å²) in [7, 11) is 1.85. The average Bonchev–Trinajstić information content (AvgIpc) is 2.82. The second-order valence-corrected chi connectivity index (χ2v) is 6.78. The van der Waals surface area contributed by atoms with E-state index in [4.69, 9.17) is 4.74 Å². The number of rotatable bonds is 8. The van der Waals surface area contributed by atoms with Crippen LogP contribution in [0.4, 0.5) is 0 Å². The van der Waals surface area contributed by atoms with E-state index in [1.54, 1.807) is 0 Å². The molecule has 0 radical (unpaired) electrons. The van der Waals surface area contributed by atoms with Crippen molar-refractivity contribution in [2.24, 2.45) is 10.4 Å². The Hall–Kier alpha value is -0.530. The molecular weight excluding hydrogens is 405 g/mol. The Morgan fingerprint density at radius 2 is 1.96 bits per heavy atom. The van der Waals surface area contributed by atoms with Crippen LogP contribution in [0.1, 0.15) is 59.3 Å². The first kappa shape index (κ1) is 22.5. The van der Waals surface area contributed by atoms with Gasteiger partial charge in [0.05, 0.1) is 6.61 Å². The molecule has 0 spiro atoms. The summed E-state index contributed by atoms with van der Waals surface area (Å²) in [6.45, 7) is 10.1. The molecule has 1 aliphatic rings. The number of aliphatic imine (C=N–C) groups is 1. The third-order valence-corrected chi connectivity index (χ3v) is 4.08. The van der Waals surface area contributed by atoms with Gasteiger partial charge >= 0.3 is 5.97 Å². The molecule has 0 bridgehead atoms. The molecule has 0 saturated carbocycles. The molecule has 6 heteroatoms. The third-order valence-electron chi connectivity index (χ3n) is 4.08. The van der Waals surface area contributed by atoms with Crippen molar-refractivity contribution in [3.8, 4) is 0 Å². The van der Waals surface area contributed by atoms with Gasteiger partial charge in [-0.05, 0) is 31.6 Å². The van der Waals surface area contributed by atoms with E-state index < -0.39 is 0 Å². The fourth-order valence-electron chi connectivity index (χ4n) is 2.81. The number of nitrogens with one attached hydrogen (secondary N) is 1. The molecule has 1 N–H and O–H groups in total. The molecule has 0 atom stereocenters. The van der Waals surface area contributed by atoms with Crippen LogP contribution in [0.2, 0.25) is 0 Å². The highest BCUT2D eigenvalue weighted by molar-refractivity contribution is 14.0. The topological polar surface area (TPSA) is 53.9 Å². The van der Waals surface area contributed by atoms with Gasteiger partial charge in [-0.25, -0.2) is 0 Å². The van der Waals surface area contributed by atoms with Gasteiger partial charge in [-0.3, -0.25) is 9.79 Å². The minimum absolute atomic E-state index is 0. The van der Waals surface area contributed by atoms with E-state index in [0.717, 1.165) is 51.3 Å². The molecule has 1 aliphatic heterocycles. The second kappa shape index (κ2) is 11.9. The molecule has 0 aliphatic carbocycles. The van der Waals surface area contributed by atoms with Gasteiger partial charge in [0.25, 0.3) is 0 Å². The fraction of sp³-hybridized carbons (Fsp3) is 0.882. The average molecular weight is 439 g/mol. The SMILES string of the molecule is CCOC(=O)CCCCCCNC(=NC)N1CCC(C)(C)C1.I. The first-order valence-electron chi connectivity index (χ1n) is 8.60. The van der Waals surface area contributed by atoms with Crippen molar-refractivity contribution in [1.29, 1.82) is 0 Å². The van der Waals surface area contributed by atoms with Crippen molar-refractivity contribution in [1.82, 2.24) is 10.2 Å². The quantitative estimate of drug-likeness (QED) is 0.207. The summed E-state index contributed by atoms with van der Waals surface area (Å²) in [6, 6.07) is 0. The van der Waals surface area contributed by atoms with Crippen LogP contribution in [0, 0.1) is 5.41 Å². The van der Waals surface area contributed by atoms with Crippen molar-refractivity contribution in [2.45, 2.75) is 59.3 Å². The zero-order valence-electron chi connectivity index (χ0n) is 15.2. The van der Waals surface area contributed by atoms with Crippen LogP contribution < -0.4 is 5.32 Å². The summed E-state index contributed by atoms with van der Waals surface area (Å²) in [5, 5.41) is 3.45. The zero-order chi connectivity index (χ0) is 16.4. The van der Waals surface area contributed by atoms with Crippen LogP contribution in [0.3, 0.4) is 0 Å². The molecule has 0 amide bonds. The van der Waals surface area contributed by atoms with Gasteiger partial charge in [-0.1, -0.05) is 26.7 Å². The fourth-order valence-corrected chi connectivity index (χ4v) is 2.81. The summed E-state index contributed by atoms with van der Waals surface area (Å²) >= 11 is 0. The number of carbonyl (C=O) groups is 1. The predicted molar refractivity (Wildman–Crippen MR) is 106 cm³/mol. The van der Waals surface area contributed by atoms with E-state index in [9.17, 15) is 4.79 Å². The number of carbonyl (C=O) groups excluding carboxylic acids is 1. The monoisotopic (exact) mass is 439 g/mol. The van der Waals surface area contributed by atoms with Crippen LogP contribution in [-0.2, 0) is 9.53 Å². The lowest BCUT2D eigenvalue weighted by Gasteiger charge is -2.23.